The molecule has 0 aliphatic carbocycles. The maximum absolute atomic E-state index is 8.88. The topological polar surface area (TPSA) is 148 Å². The molecule has 0 aromatic carbocycles. The molecular weight excluding hydrogens is 123 g/mol. The monoisotopic (exact) mass is 133 g/mol. The Morgan fingerprint density at radius 3 is 1.14 bits per heavy atom. The third-order valence-electron chi connectivity index (χ3n) is 0. The Kier molecular flexibility index (Phi) is 9.43. The summed E-state index contributed by atoms with van der Waals surface area (Å²) in [5.74, 6) is 0. The molecule has 7 heavy (non-hydrogen) atoms. The molecule has 0 radical (unpaired) electrons. The van der Waals surface area contributed by atoms with Crippen LogP contribution in [0.2, 0.25) is 0 Å². The van der Waals surface area contributed by atoms with Crippen molar-refractivity contribution in [1.82, 2.24) is 12.3 Å². The van der Waals surface area contributed by atoms with Crippen molar-refractivity contribution in [3.05, 3.63) is 0 Å². The van der Waals surface area contributed by atoms with Crippen molar-refractivity contribution in [2.75, 3.05) is 0 Å². The minimum Gasteiger partial charge on any atom is -0.344 e. The van der Waals surface area contributed by atoms with E-state index < -0.39 is 7.82 Å². The number of hydrogen-bond acceptors (Lipinski definition) is 3. The molecule has 0 spiro atoms. The van der Waals surface area contributed by atoms with E-state index in [1.54, 1.807) is 0 Å². The van der Waals surface area contributed by atoms with Crippen molar-refractivity contribution in [2.24, 2.45) is 0 Å². The minimum absolute atomic E-state index is 0. The van der Waals surface area contributed by atoms with E-state index in [4.69, 9.17) is 19.2 Å². The van der Waals surface area contributed by atoms with Crippen LogP contribution in [-0.4, -0.2) is 14.7 Å². The Morgan fingerprint density at radius 1 is 1.14 bits per heavy atom. The molecule has 48 valence electrons. The van der Waals surface area contributed by atoms with Crippen molar-refractivity contribution < 1.29 is 20.7 Å². The quantitative estimate of drug-likeness (QED) is 0.281. The normalized spacial score (nSPS) is 8.43. The molecule has 0 aromatic rings. The third-order valence-corrected chi connectivity index (χ3v) is 0. The molecule has 0 bridgehead atoms. The fourth-order valence-corrected chi connectivity index (χ4v) is 0. The highest BCUT2D eigenvalue weighted by Gasteiger charge is 2.00. The number of rotatable bonds is 0. The van der Waals surface area contributed by atoms with Gasteiger partial charge in [0.1, 0.15) is 0 Å². The number of hydrogen-bond donors (Lipinski definition) is 5. The van der Waals surface area contributed by atoms with E-state index in [2.05, 4.69) is 0 Å². The summed E-state index contributed by atoms with van der Waals surface area (Å²) < 4.78 is 8.88. The van der Waals surface area contributed by atoms with Gasteiger partial charge in [-0.3, -0.25) is 0 Å². The first-order valence-electron chi connectivity index (χ1n) is 0.783. The first-order chi connectivity index (χ1) is 2.00. The van der Waals surface area contributed by atoms with Crippen LogP contribution in [0.3, 0.4) is 0 Å². The van der Waals surface area contributed by atoms with E-state index in [-0.39, 0.29) is 13.7 Å². The first-order valence-corrected chi connectivity index (χ1v) is 2.35. The van der Waals surface area contributed by atoms with Gasteiger partial charge in [-0.05, 0) is 0 Å². The van der Waals surface area contributed by atoms with Crippen LogP contribution in [0, 0.1) is 0 Å². The summed E-state index contributed by atoms with van der Waals surface area (Å²) >= 11 is 0. The van der Waals surface area contributed by atoms with Crippen LogP contribution in [0.5, 0.6) is 0 Å². The lowest BCUT2D eigenvalue weighted by Gasteiger charge is -1.82. The molecule has 0 rings (SSSR count). The van der Waals surface area contributed by atoms with E-state index in [9.17, 15) is 0 Å². The summed E-state index contributed by atoms with van der Waals surface area (Å²) in [6.45, 7) is 0. The Hall–Kier alpha value is 0.0300. The largest absolute Gasteiger partial charge is 1.00 e. The van der Waals surface area contributed by atoms with Crippen LogP contribution in [0.15, 0.2) is 0 Å². The lowest BCUT2D eigenvalue weighted by Crippen LogP contribution is -1.66. The molecule has 0 fully saturated rings. The fraction of sp³-hybridized carbons (Fsp3) is 0. The van der Waals surface area contributed by atoms with Crippen LogP contribution in [-0.2, 0) is 4.57 Å². The molecule has 0 aliphatic rings. The van der Waals surface area contributed by atoms with Gasteiger partial charge in [0.05, 0.1) is 0 Å². The highest BCUT2D eigenvalue weighted by Crippen LogP contribution is 2.25. The highest BCUT2D eigenvalue weighted by molar-refractivity contribution is 7.45. The summed E-state index contributed by atoms with van der Waals surface area (Å²) in [5, 5.41) is 0. The van der Waals surface area contributed by atoms with Gasteiger partial charge < -0.3 is 27.0 Å². The molecule has 0 heterocycles. The highest BCUT2D eigenvalue weighted by atomic mass is 31.2. The van der Waals surface area contributed by atoms with Crippen molar-refractivity contribution in [2.45, 2.75) is 0 Å². The lowest BCUT2D eigenvalue weighted by molar-refractivity contribution is 0.275. The Morgan fingerprint density at radius 2 is 1.14 bits per heavy atom. The summed E-state index contributed by atoms with van der Waals surface area (Å²) in [6, 6.07) is 0. The molecule has 0 amide bonds. The second-order valence-electron chi connectivity index (χ2n) is 0.513. The van der Waals surface area contributed by atoms with Gasteiger partial charge in [-0.2, -0.15) is 0 Å². The van der Waals surface area contributed by atoms with Crippen LogP contribution in [0.25, 0.3) is 0 Å². The molecule has 6 nitrogen and oxygen atoms in total. The van der Waals surface area contributed by atoms with E-state index in [1.807, 2.05) is 0 Å². The van der Waals surface area contributed by atoms with Crippen LogP contribution < -0.4 is 12.3 Å². The van der Waals surface area contributed by atoms with E-state index >= 15 is 0 Å². The fourth-order valence-electron chi connectivity index (χ4n) is 0. The smallest absolute Gasteiger partial charge is 0.344 e. The van der Waals surface area contributed by atoms with Gasteiger partial charge in [0.25, 0.3) is 0 Å². The van der Waals surface area contributed by atoms with Crippen molar-refractivity contribution in [1.29, 1.82) is 0 Å². The molecule has 7 heteroatoms. The molecule has 9 N–H and O–H groups in total. The Bertz CT molecular complexity index is 60.2. The van der Waals surface area contributed by atoms with Gasteiger partial charge in [0, 0.05) is 0 Å². The van der Waals surface area contributed by atoms with Crippen LogP contribution in [0.4, 0.5) is 0 Å². The predicted octanol–water partition coefficient (Wildman–Crippen LogP) is -0.492. The Balaban J connectivity index is -0.0000000267. The zero-order chi connectivity index (χ0) is 4.50. The minimum atomic E-state index is -4.64. The maximum atomic E-state index is 8.88. The van der Waals surface area contributed by atoms with Crippen molar-refractivity contribution in [3.63, 3.8) is 0 Å². The lowest BCUT2D eigenvalue weighted by atomic mass is 14.0. The molecule has 0 saturated carbocycles. The van der Waals surface area contributed by atoms with Crippen molar-refractivity contribution >= 4 is 7.82 Å². The van der Waals surface area contributed by atoms with Crippen LogP contribution >= 0.6 is 7.82 Å². The summed E-state index contributed by atoms with van der Waals surface area (Å²) in [7, 11) is -4.64. The Labute approximate surface area is 42.1 Å². The number of phosphoric acid groups is 1. The first kappa shape index (κ1) is 15.7. The standard InChI is InChI=1S/2H3N.H3O4P/c;;1-5(2,3)4/h2*1H3;(H3,1,2,3,4)/p+1. The second kappa shape index (κ2) is 4.20. The third kappa shape index (κ3) is 109000. The molecule has 0 aromatic heterocycles. The zero-order valence-corrected chi connectivity index (χ0v) is 4.51. The molecule has 0 atom stereocenters. The second-order valence-corrected chi connectivity index (χ2v) is 1.54. The predicted molar refractivity (Wildman–Crippen MR) is 25.4 cm³/mol. The van der Waals surface area contributed by atoms with E-state index in [1.165, 1.54) is 0 Å². The van der Waals surface area contributed by atoms with E-state index in [0.717, 1.165) is 0 Å². The summed E-state index contributed by atoms with van der Waals surface area (Å²) in [4.78, 5) is 21.6. The van der Waals surface area contributed by atoms with Gasteiger partial charge in [-0.15, -0.1) is 0 Å². The molecule has 0 saturated heterocycles. The average Bonchev–Trinajstić information content (AvgIpc) is 0.722. The van der Waals surface area contributed by atoms with Gasteiger partial charge in [-0.1, -0.05) is 0 Å². The van der Waals surface area contributed by atoms with Crippen molar-refractivity contribution in [3.8, 4) is 0 Å². The molecular formula is H10N2O4P+. The van der Waals surface area contributed by atoms with Gasteiger partial charge in [-0.25, -0.2) is 4.57 Å². The molecule has 0 aliphatic heterocycles. The summed E-state index contributed by atoms with van der Waals surface area (Å²) in [6.07, 6.45) is 0. The molecule has 0 unspecified atom stereocenters. The van der Waals surface area contributed by atoms with Gasteiger partial charge >= 0.3 is 9.25 Å². The van der Waals surface area contributed by atoms with E-state index in [0.29, 0.717) is 0 Å². The maximum Gasteiger partial charge on any atom is 1.00 e. The zero-order valence-electron chi connectivity index (χ0n) is 4.61. The van der Waals surface area contributed by atoms with Crippen LogP contribution in [0.1, 0.15) is 1.43 Å². The summed E-state index contributed by atoms with van der Waals surface area (Å²) in [5.41, 5.74) is 0. The average molecular weight is 133 g/mol. The van der Waals surface area contributed by atoms with Gasteiger partial charge in [0.2, 0.25) is 0 Å². The SMILES string of the molecule is N.N.O=P(O)(O)O.[H+]. The van der Waals surface area contributed by atoms with Gasteiger partial charge in [0.15, 0.2) is 0 Å².